The number of carbonyl (C=O) groups is 3. The molecule has 9 nitrogen and oxygen atoms in total. The topological polar surface area (TPSA) is 125 Å². The smallest absolute Gasteiger partial charge is 0.326 e. The number of urea groups is 1. The maximum absolute atomic E-state index is 14.1. The number of carboxylic acids is 1. The number of hydrogen-bond donors (Lipinski definition) is 3. The van der Waals surface area contributed by atoms with E-state index in [0.717, 1.165) is 30.5 Å². The minimum absolute atomic E-state index is 0.0375. The van der Waals surface area contributed by atoms with Gasteiger partial charge in [-0.1, -0.05) is 75.4 Å². The van der Waals surface area contributed by atoms with Gasteiger partial charge in [0.05, 0.1) is 25.3 Å². The average molecular weight is 757 g/mol. The predicted octanol–water partition coefficient (Wildman–Crippen LogP) is 8.16. The van der Waals surface area contributed by atoms with Gasteiger partial charge in [-0.3, -0.25) is 9.69 Å². The van der Waals surface area contributed by atoms with Gasteiger partial charge in [0.2, 0.25) is 4.90 Å². The Bertz CT molecular complexity index is 1950. The quantitative estimate of drug-likeness (QED) is 0.118. The van der Waals surface area contributed by atoms with Crippen LogP contribution in [0.25, 0.3) is 5.57 Å². The molecule has 5 rings (SSSR count). The van der Waals surface area contributed by atoms with E-state index in [9.17, 15) is 32.8 Å². The molecule has 0 saturated heterocycles. The summed E-state index contributed by atoms with van der Waals surface area (Å²) in [7, 11) is 0. The molecule has 0 heterocycles. The summed E-state index contributed by atoms with van der Waals surface area (Å²) in [4.78, 5) is 39.3. The number of rotatable bonds is 13. The van der Waals surface area contributed by atoms with E-state index in [-0.39, 0.29) is 17.5 Å². The van der Waals surface area contributed by atoms with Crippen LogP contribution in [0, 0.1) is 11.3 Å². The fraction of sp³-hybridized carbons (Fsp3) is 0.310. The van der Waals surface area contributed by atoms with Crippen molar-refractivity contribution in [2.24, 2.45) is 11.3 Å². The van der Waals surface area contributed by atoms with Crippen LogP contribution < -0.4 is 24.9 Å². The van der Waals surface area contributed by atoms with Crippen molar-refractivity contribution < 1.29 is 32.8 Å². The van der Waals surface area contributed by atoms with Gasteiger partial charge >= 0.3 is 23.3 Å². The second-order valence-corrected chi connectivity index (χ2v) is 15.8. The molecule has 0 radical (unpaired) electrons. The number of benzene rings is 4. The molecule has 0 saturated carbocycles. The monoisotopic (exact) mass is 756 g/mol. The third-order valence-corrected chi connectivity index (χ3v) is 11.2. The summed E-state index contributed by atoms with van der Waals surface area (Å²) in [6, 6.07) is 30.0. The molecular formula is C42H46F2N4O5S. The first-order valence-corrected chi connectivity index (χ1v) is 19.0. The van der Waals surface area contributed by atoms with Crippen LogP contribution in [0.1, 0.15) is 68.4 Å². The van der Waals surface area contributed by atoms with Gasteiger partial charge in [0, 0.05) is 23.0 Å². The van der Waals surface area contributed by atoms with Gasteiger partial charge in [-0.15, -0.1) is 0 Å². The predicted molar refractivity (Wildman–Crippen MR) is 209 cm³/mol. The van der Waals surface area contributed by atoms with Crippen LogP contribution in [0.3, 0.4) is 0 Å². The maximum atomic E-state index is 14.1. The number of hydrogen-bond acceptors (Lipinski definition) is 6. The van der Waals surface area contributed by atoms with Crippen molar-refractivity contribution in [1.29, 1.82) is 0 Å². The van der Waals surface area contributed by atoms with Crippen molar-refractivity contribution in [1.82, 2.24) is 5.32 Å². The molecule has 0 spiro atoms. The Morgan fingerprint density at radius 3 is 2.19 bits per heavy atom. The third-order valence-electron chi connectivity index (χ3n) is 9.59. The SMILES string of the molecule is CCN(c1ccccc1)[S+](O)c1cccc(NC(=O)N(Cc2ccc(C(=O)NCC(F)(F)C(=O)[O-])cc2)c2ccc(C3=CCC(C(C)(C)C)CC3)cc2)c1. The van der Waals surface area contributed by atoms with Gasteiger partial charge in [-0.2, -0.15) is 17.6 Å². The first kappa shape index (κ1) is 40.0. The highest BCUT2D eigenvalue weighted by molar-refractivity contribution is 7.93. The van der Waals surface area contributed by atoms with Crippen LogP contribution in [0.15, 0.2) is 114 Å². The first-order valence-electron chi connectivity index (χ1n) is 17.9. The number of alkyl halides is 2. The van der Waals surface area contributed by atoms with Gasteiger partial charge in [0.1, 0.15) is 5.97 Å². The lowest BCUT2D eigenvalue weighted by molar-refractivity contribution is -0.328. The summed E-state index contributed by atoms with van der Waals surface area (Å²) in [6.07, 6.45) is 5.40. The summed E-state index contributed by atoms with van der Waals surface area (Å²) >= 11 is -1.30. The molecule has 0 bridgehead atoms. The minimum atomic E-state index is -4.21. The van der Waals surface area contributed by atoms with Gasteiger partial charge < -0.3 is 20.5 Å². The fourth-order valence-electron chi connectivity index (χ4n) is 6.33. The van der Waals surface area contributed by atoms with Crippen molar-refractivity contribution in [2.45, 2.75) is 64.3 Å². The molecule has 0 aromatic heterocycles. The summed E-state index contributed by atoms with van der Waals surface area (Å²) in [5.41, 5.74) is 5.25. The molecule has 284 valence electrons. The zero-order valence-electron chi connectivity index (χ0n) is 30.9. The Morgan fingerprint density at radius 2 is 1.59 bits per heavy atom. The lowest BCUT2D eigenvalue weighted by atomic mass is 9.72. The molecule has 0 aliphatic heterocycles. The minimum Gasteiger partial charge on any atom is -0.544 e. The number of nitrogens with one attached hydrogen (secondary N) is 2. The molecule has 3 amide bonds. The second-order valence-electron chi connectivity index (χ2n) is 14.3. The second kappa shape index (κ2) is 17.3. The van der Waals surface area contributed by atoms with Gasteiger partial charge in [-0.05, 0) is 103 Å². The van der Waals surface area contributed by atoms with Crippen LogP contribution in [0.5, 0.6) is 0 Å². The van der Waals surface area contributed by atoms with Gasteiger partial charge in [0.25, 0.3) is 5.91 Å². The Balaban J connectivity index is 1.37. The summed E-state index contributed by atoms with van der Waals surface area (Å²) in [6.45, 7) is 8.03. The van der Waals surface area contributed by atoms with Crippen molar-refractivity contribution in [2.75, 3.05) is 27.6 Å². The van der Waals surface area contributed by atoms with E-state index in [1.165, 1.54) is 17.7 Å². The van der Waals surface area contributed by atoms with Crippen LogP contribution >= 0.6 is 0 Å². The number of aliphatic carboxylic acids is 1. The highest BCUT2D eigenvalue weighted by Crippen LogP contribution is 2.40. The van der Waals surface area contributed by atoms with Crippen molar-refractivity contribution in [3.8, 4) is 0 Å². The van der Waals surface area contributed by atoms with E-state index in [0.29, 0.717) is 34.3 Å². The summed E-state index contributed by atoms with van der Waals surface area (Å²) in [5.74, 6) is -7.05. The highest BCUT2D eigenvalue weighted by atomic mass is 32.2. The molecule has 3 N–H and O–H groups in total. The van der Waals surface area contributed by atoms with Crippen LogP contribution in [0.4, 0.5) is 30.6 Å². The Kier molecular flexibility index (Phi) is 12.8. The Hall–Kier alpha value is -5.20. The Labute approximate surface area is 318 Å². The fourth-order valence-corrected chi connectivity index (χ4v) is 7.59. The van der Waals surface area contributed by atoms with Gasteiger partial charge in [0.15, 0.2) is 0 Å². The number of para-hydroxylation sites is 1. The number of carbonyl (C=O) groups excluding carboxylic acids is 3. The highest BCUT2D eigenvalue weighted by Gasteiger charge is 2.32. The molecule has 1 aliphatic carbocycles. The standard InChI is InChI=1S/C42H46F2N4O5S/c1-5-48(36-11-7-6-8-12-36)54(53)37-13-9-10-34(26-37)46-40(52)47(27-29-14-16-32(17-15-29)38(49)45-28-42(43,44)39(50)51)35-24-20-31(21-25-35)30-18-22-33(23-19-30)41(2,3)4/h6-18,20-21,24-26,33,53H,5,19,22-23,27-28H2,1-4H3,(H2-,45,46,49,50,51,52). The molecule has 4 aromatic carbocycles. The van der Waals surface area contributed by atoms with E-state index < -0.39 is 41.7 Å². The molecule has 12 heteroatoms. The molecule has 2 atom stereocenters. The number of allylic oxidation sites excluding steroid dienone is 2. The van der Waals surface area contributed by atoms with Crippen molar-refractivity contribution in [3.63, 3.8) is 0 Å². The van der Waals surface area contributed by atoms with E-state index in [1.54, 1.807) is 35.2 Å². The zero-order valence-corrected chi connectivity index (χ0v) is 31.7. The lowest BCUT2D eigenvalue weighted by Crippen LogP contribution is -2.49. The van der Waals surface area contributed by atoms with Gasteiger partial charge in [-0.25, -0.2) is 4.79 Å². The number of carboxylic acid groups (broad SMARTS) is 1. The summed E-state index contributed by atoms with van der Waals surface area (Å²) in [5, 5.41) is 15.5. The molecule has 0 fully saturated rings. The number of halogens is 2. The third kappa shape index (κ3) is 10.1. The Morgan fingerprint density at radius 1 is 0.907 bits per heavy atom. The average Bonchev–Trinajstić information content (AvgIpc) is 3.17. The van der Waals surface area contributed by atoms with E-state index >= 15 is 0 Å². The van der Waals surface area contributed by atoms with Crippen LogP contribution in [-0.2, 0) is 22.7 Å². The van der Waals surface area contributed by atoms with E-state index in [2.05, 4.69) is 32.2 Å². The molecular weight excluding hydrogens is 711 g/mol. The zero-order chi connectivity index (χ0) is 39.0. The number of anilines is 3. The first-order chi connectivity index (χ1) is 25.7. The van der Waals surface area contributed by atoms with E-state index in [1.807, 2.05) is 77.2 Å². The maximum Gasteiger partial charge on any atom is 0.326 e. The van der Waals surface area contributed by atoms with Crippen LogP contribution in [0.2, 0.25) is 0 Å². The normalized spacial score (nSPS) is 15.1. The van der Waals surface area contributed by atoms with Crippen molar-refractivity contribution >= 4 is 51.9 Å². The lowest BCUT2D eigenvalue weighted by Gasteiger charge is -2.33. The van der Waals surface area contributed by atoms with E-state index in [4.69, 9.17) is 0 Å². The largest absolute Gasteiger partial charge is 0.544 e. The number of amides is 3. The molecule has 1 aliphatic rings. The summed E-state index contributed by atoms with van der Waals surface area (Å²) < 4.78 is 40.1. The van der Waals surface area contributed by atoms with Crippen molar-refractivity contribution in [3.05, 3.63) is 126 Å². The molecule has 54 heavy (non-hydrogen) atoms. The number of nitrogens with zero attached hydrogens (tertiary/aromatic N) is 2. The molecule has 2 unspecified atom stereocenters. The molecule has 4 aromatic rings. The van der Waals surface area contributed by atoms with Crippen LogP contribution in [-0.4, -0.2) is 41.5 Å².